The van der Waals surface area contributed by atoms with E-state index in [9.17, 15) is 28.8 Å². The second-order valence-corrected chi connectivity index (χ2v) is 12.2. The number of amides is 1. The van der Waals surface area contributed by atoms with E-state index in [4.69, 9.17) is 49.1 Å². The summed E-state index contributed by atoms with van der Waals surface area (Å²) in [5.41, 5.74) is 0.424. The van der Waals surface area contributed by atoms with Gasteiger partial charge < -0.3 is 47.9 Å². The Morgan fingerprint density at radius 1 is 0.906 bits per heavy atom. The number of carbonyl (C=O) groups excluding carboxylic acids is 6. The fourth-order valence-electron chi connectivity index (χ4n) is 5.32. The molecule has 0 unspecified atom stereocenters. The summed E-state index contributed by atoms with van der Waals surface area (Å²) in [4.78, 5) is 75.6. The van der Waals surface area contributed by atoms with Gasteiger partial charge in [-0.15, -0.1) is 6.42 Å². The number of rotatable bonds is 23. The van der Waals surface area contributed by atoms with Crippen LogP contribution in [0.3, 0.4) is 0 Å². The number of nitrogens with one attached hydrogen (secondary N) is 1. The first-order valence-corrected chi connectivity index (χ1v) is 17.2. The van der Waals surface area contributed by atoms with Crippen LogP contribution in [0, 0.1) is 30.1 Å². The van der Waals surface area contributed by atoms with Crippen LogP contribution >= 0.6 is 0 Å². The summed E-state index contributed by atoms with van der Waals surface area (Å²) in [7, 11) is 2.43. The van der Waals surface area contributed by atoms with E-state index in [0.29, 0.717) is 25.4 Å². The number of Topliss-reactive ketones (excluding diaryl/α,β-unsaturated/α-hetero) is 1. The average Bonchev–Trinajstić information content (AvgIpc) is 3.13. The van der Waals surface area contributed by atoms with E-state index in [1.54, 1.807) is 19.9 Å². The number of esters is 4. The maximum atomic E-state index is 14.0. The quantitative estimate of drug-likeness (QED) is 0.0561. The molecule has 6 atom stereocenters. The van der Waals surface area contributed by atoms with Gasteiger partial charge in [0.15, 0.2) is 18.0 Å². The summed E-state index contributed by atoms with van der Waals surface area (Å²) in [6.07, 6.45) is 1.21. The minimum atomic E-state index is -1.34. The number of ketones is 1. The number of ether oxygens (including phenoxy) is 9. The van der Waals surface area contributed by atoms with Gasteiger partial charge in [-0.25, -0.2) is 4.79 Å². The van der Waals surface area contributed by atoms with Gasteiger partial charge in [0.2, 0.25) is 12.2 Å². The summed E-state index contributed by atoms with van der Waals surface area (Å²) in [6, 6.07) is 4.45. The molecule has 0 radical (unpaired) electrons. The van der Waals surface area contributed by atoms with E-state index in [2.05, 4.69) is 11.2 Å². The Balaban J connectivity index is 2.28. The molecule has 1 amide bonds. The van der Waals surface area contributed by atoms with Crippen molar-refractivity contribution in [3.63, 3.8) is 0 Å². The molecule has 1 saturated heterocycles. The molecule has 0 spiro atoms. The standard InChI is InChI=1S/C37H51NO15/c1-8-14-47-16-18-49-19-17-48-15-13-38-35(43)28(10-12-32(42)45-6)21-30(41)29-20-27(22-50-25(4)39)9-11-31(29)52-37-34(51-26(5)40)24(3)23(2)33(53-37)36(44)46-7/h1,9,11,20,23-24,28,33-34,37H,10,12-19,21-22H2,2-7H3,(H,38,43)/t23-,24-,28-,33-,34+,37+/m0/s1. The Kier molecular flexibility index (Phi) is 20.1. The zero-order valence-corrected chi connectivity index (χ0v) is 31.2. The Morgan fingerprint density at radius 2 is 1.58 bits per heavy atom. The number of benzene rings is 1. The largest absolute Gasteiger partial charge is 0.469 e. The van der Waals surface area contributed by atoms with Gasteiger partial charge in [-0.3, -0.25) is 24.0 Å². The lowest BCUT2D eigenvalue weighted by atomic mass is 9.83. The third-order valence-electron chi connectivity index (χ3n) is 8.34. The van der Waals surface area contributed by atoms with Crippen molar-refractivity contribution >= 4 is 35.6 Å². The van der Waals surface area contributed by atoms with Crippen LogP contribution in [0.2, 0.25) is 0 Å². The average molecular weight is 750 g/mol. The van der Waals surface area contributed by atoms with Crippen molar-refractivity contribution in [1.82, 2.24) is 5.32 Å². The fraction of sp³-hybridized carbons (Fsp3) is 0.622. The van der Waals surface area contributed by atoms with Gasteiger partial charge in [-0.05, 0) is 30.0 Å². The molecule has 0 aliphatic carbocycles. The van der Waals surface area contributed by atoms with E-state index in [-0.39, 0.29) is 63.5 Å². The lowest BCUT2D eigenvalue weighted by molar-refractivity contribution is -0.248. The van der Waals surface area contributed by atoms with Crippen molar-refractivity contribution in [3.05, 3.63) is 29.3 Å². The van der Waals surface area contributed by atoms with E-state index in [1.165, 1.54) is 40.2 Å². The highest BCUT2D eigenvalue weighted by molar-refractivity contribution is 6.01. The topological polar surface area (TPSA) is 198 Å². The molecule has 1 aromatic carbocycles. The minimum absolute atomic E-state index is 0.00962. The monoisotopic (exact) mass is 749 g/mol. The molecule has 1 aliphatic rings. The van der Waals surface area contributed by atoms with Crippen LogP contribution in [-0.4, -0.2) is 114 Å². The number of carbonyl (C=O) groups is 6. The van der Waals surface area contributed by atoms with Crippen molar-refractivity contribution in [2.24, 2.45) is 17.8 Å². The summed E-state index contributed by atoms with van der Waals surface area (Å²) in [6.45, 7) is 7.57. The number of hydrogen-bond acceptors (Lipinski definition) is 15. The first kappa shape index (κ1) is 44.6. The normalized spacial score (nSPS) is 19.9. The Bertz CT molecular complexity index is 1420. The molecule has 16 heteroatoms. The van der Waals surface area contributed by atoms with Crippen molar-refractivity contribution in [2.45, 2.75) is 72.1 Å². The van der Waals surface area contributed by atoms with E-state index in [0.717, 1.165) is 0 Å². The molecule has 1 heterocycles. The Morgan fingerprint density at radius 3 is 2.21 bits per heavy atom. The van der Waals surface area contributed by atoms with E-state index >= 15 is 0 Å². The third-order valence-corrected chi connectivity index (χ3v) is 8.34. The summed E-state index contributed by atoms with van der Waals surface area (Å²) >= 11 is 0. The Hall–Kier alpha value is -4.56. The molecular weight excluding hydrogens is 698 g/mol. The lowest BCUT2D eigenvalue weighted by Crippen LogP contribution is -2.55. The highest BCUT2D eigenvalue weighted by Gasteiger charge is 2.48. The van der Waals surface area contributed by atoms with Crippen LogP contribution in [0.15, 0.2) is 18.2 Å². The fourth-order valence-corrected chi connectivity index (χ4v) is 5.32. The zero-order valence-electron chi connectivity index (χ0n) is 31.2. The van der Waals surface area contributed by atoms with E-state index < -0.39 is 71.8 Å². The maximum Gasteiger partial charge on any atom is 0.335 e. The maximum absolute atomic E-state index is 14.0. The van der Waals surface area contributed by atoms with Crippen LogP contribution < -0.4 is 10.1 Å². The van der Waals surface area contributed by atoms with Crippen molar-refractivity contribution < 1.29 is 71.4 Å². The molecule has 1 N–H and O–H groups in total. The SMILES string of the molecule is C#CCOCCOCCOCCNC(=O)[C@@H](CCC(=O)OC)CC(=O)c1cc(COC(C)=O)ccc1O[C@@H]1O[C@H](C(=O)OC)[C@@H](C)[C@H](C)[C@H]1OC(C)=O. The van der Waals surface area contributed by atoms with Crippen LogP contribution in [0.4, 0.5) is 0 Å². The summed E-state index contributed by atoms with van der Waals surface area (Å²) in [5, 5.41) is 2.74. The molecule has 1 aliphatic heterocycles. The van der Waals surface area contributed by atoms with Gasteiger partial charge in [0.1, 0.15) is 19.0 Å². The van der Waals surface area contributed by atoms with Gasteiger partial charge in [-0.2, -0.15) is 0 Å². The highest BCUT2D eigenvalue weighted by Crippen LogP contribution is 2.36. The van der Waals surface area contributed by atoms with Crippen LogP contribution in [-0.2, 0) is 68.5 Å². The minimum Gasteiger partial charge on any atom is -0.469 e. The molecule has 1 fully saturated rings. The smallest absolute Gasteiger partial charge is 0.335 e. The molecule has 16 nitrogen and oxygen atoms in total. The highest BCUT2D eigenvalue weighted by atomic mass is 16.7. The van der Waals surface area contributed by atoms with Crippen LogP contribution in [0.5, 0.6) is 5.75 Å². The lowest BCUT2D eigenvalue weighted by Gasteiger charge is -2.42. The predicted molar refractivity (Wildman–Crippen MR) is 185 cm³/mol. The summed E-state index contributed by atoms with van der Waals surface area (Å²) in [5.74, 6) is -2.94. The molecule has 53 heavy (non-hydrogen) atoms. The van der Waals surface area contributed by atoms with Crippen molar-refractivity contribution in [2.75, 3.05) is 60.4 Å². The second kappa shape index (κ2) is 23.9. The van der Waals surface area contributed by atoms with E-state index in [1.807, 2.05) is 0 Å². The van der Waals surface area contributed by atoms with Crippen molar-refractivity contribution in [3.8, 4) is 18.1 Å². The number of terminal acetylenes is 1. The van der Waals surface area contributed by atoms with Gasteiger partial charge in [0.05, 0.1) is 52.8 Å². The molecule has 0 aromatic heterocycles. The molecule has 1 aromatic rings. The van der Waals surface area contributed by atoms with Gasteiger partial charge in [-0.1, -0.05) is 25.8 Å². The van der Waals surface area contributed by atoms with Crippen LogP contribution in [0.1, 0.15) is 62.9 Å². The first-order chi connectivity index (χ1) is 25.3. The third kappa shape index (κ3) is 15.5. The molecule has 294 valence electrons. The molecule has 0 saturated carbocycles. The Labute approximate surface area is 309 Å². The summed E-state index contributed by atoms with van der Waals surface area (Å²) < 4.78 is 48.5. The van der Waals surface area contributed by atoms with Crippen LogP contribution in [0.25, 0.3) is 0 Å². The zero-order chi connectivity index (χ0) is 39.3. The predicted octanol–water partition coefficient (Wildman–Crippen LogP) is 2.17. The first-order valence-electron chi connectivity index (χ1n) is 17.2. The van der Waals surface area contributed by atoms with Crippen molar-refractivity contribution in [1.29, 1.82) is 0 Å². The number of hydrogen-bond donors (Lipinski definition) is 1. The molecule has 2 rings (SSSR count). The molecule has 0 bridgehead atoms. The van der Waals surface area contributed by atoms with Gasteiger partial charge >= 0.3 is 23.9 Å². The van der Waals surface area contributed by atoms with Gasteiger partial charge in [0.25, 0.3) is 0 Å². The number of methoxy groups -OCH3 is 2. The van der Waals surface area contributed by atoms with Gasteiger partial charge in [0, 0.05) is 45.1 Å². The molecular formula is C37H51NO15. The second-order valence-electron chi connectivity index (χ2n) is 12.2.